The van der Waals surface area contributed by atoms with Crippen molar-refractivity contribution >= 4 is 0 Å². The molecule has 0 aromatic rings. The Morgan fingerprint density at radius 2 is 0.870 bits per heavy atom. The van der Waals surface area contributed by atoms with Gasteiger partial charge in [-0.2, -0.15) is 0 Å². The van der Waals surface area contributed by atoms with Crippen LogP contribution < -0.4 is 0 Å². The molecule has 1 N–H and O–H groups in total. The summed E-state index contributed by atoms with van der Waals surface area (Å²) in [5, 5.41) is 12.4. The first-order valence-corrected chi connectivity index (χ1v) is 9.99. The van der Waals surface area contributed by atoms with Gasteiger partial charge in [0.25, 0.3) is 0 Å². The van der Waals surface area contributed by atoms with Crippen LogP contribution >= 0.6 is 0 Å². The minimum absolute atomic E-state index is 0.404. The van der Waals surface area contributed by atoms with Crippen LogP contribution in [0.3, 0.4) is 0 Å². The first kappa shape index (κ1) is 13.5. The summed E-state index contributed by atoms with van der Waals surface area (Å²) in [6.45, 7) is 0. The molecule has 0 aromatic carbocycles. The van der Waals surface area contributed by atoms with Crippen LogP contribution in [0.25, 0.3) is 0 Å². The van der Waals surface area contributed by atoms with Gasteiger partial charge in [-0.1, -0.05) is 36.5 Å². The maximum atomic E-state index is 12.4. The Balaban J connectivity index is 1.42. The van der Waals surface area contributed by atoms with Crippen molar-refractivity contribution in [3.05, 3.63) is 36.5 Å². The van der Waals surface area contributed by atoms with Gasteiger partial charge in [-0.25, -0.2) is 0 Å². The maximum absolute atomic E-state index is 12.4. The van der Waals surface area contributed by atoms with E-state index >= 15 is 0 Å². The van der Waals surface area contributed by atoms with E-state index in [4.69, 9.17) is 0 Å². The molecule has 6 aliphatic carbocycles. The van der Waals surface area contributed by atoms with E-state index in [0.717, 1.165) is 17.8 Å². The molecule has 6 aliphatic rings. The smallest absolute Gasteiger partial charge is 0.0749 e. The van der Waals surface area contributed by atoms with Gasteiger partial charge in [0.2, 0.25) is 0 Å². The highest BCUT2D eigenvalue weighted by atomic mass is 16.3. The van der Waals surface area contributed by atoms with Crippen molar-refractivity contribution in [2.45, 2.75) is 44.1 Å². The second kappa shape index (κ2) is 4.42. The molecule has 9 unspecified atom stereocenters. The molecule has 3 fully saturated rings. The molecule has 1 heteroatoms. The number of hydrogen-bond donors (Lipinski definition) is 1. The predicted octanol–water partition coefficient (Wildman–Crippen LogP) is 4.35. The third kappa shape index (κ3) is 1.68. The van der Waals surface area contributed by atoms with E-state index in [1.165, 1.54) is 38.5 Å². The van der Waals surface area contributed by atoms with Gasteiger partial charge >= 0.3 is 0 Å². The molecule has 6 bridgehead atoms. The second-order valence-corrected chi connectivity index (χ2v) is 9.55. The molecule has 6 rings (SSSR count). The van der Waals surface area contributed by atoms with Crippen molar-refractivity contribution in [1.82, 2.24) is 0 Å². The Morgan fingerprint density at radius 1 is 0.522 bits per heavy atom. The van der Waals surface area contributed by atoms with Crippen LogP contribution in [0.4, 0.5) is 0 Å². The van der Waals surface area contributed by atoms with Gasteiger partial charge in [-0.15, -0.1) is 0 Å². The summed E-state index contributed by atoms with van der Waals surface area (Å²) in [6.07, 6.45) is 22.4. The fourth-order valence-electron chi connectivity index (χ4n) is 7.76. The van der Waals surface area contributed by atoms with Crippen molar-refractivity contribution < 1.29 is 5.11 Å². The van der Waals surface area contributed by atoms with E-state index in [9.17, 15) is 5.11 Å². The first-order valence-electron chi connectivity index (χ1n) is 9.99. The molecule has 0 aromatic heterocycles. The summed E-state index contributed by atoms with van der Waals surface area (Å²) in [5.41, 5.74) is -0.404. The molecule has 0 radical (unpaired) electrons. The lowest BCUT2D eigenvalue weighted by molar-refractivity contribution is -0.137. The van der Waals surface area contributed by atoms with Gasteiger partial charge in [-0.05, 0) is 91.8 Å². The van der Waals surface area contributed by atoms with E-state index in [1.807, 2.05) is 0 Å². The molecule has 0 heterocycles. The number of fused-ring (bicyclic) bond motifs is 6. The third-order valence-corrected chi connectivity index (χ3v) is 8.62. The molecule has 3 saturated carbocycles. The minimum Gasteiger partial charge on any atom is -0.389 e. The fourth-order valence-corrected chi connectivity index (χ4v) is 7.76. The van der Waals surface area contributed by atoms with Gasteiger partial charge in [0.1, 0.15) is 0 Å². The molecular weight excluding hydrogens is 280 g/mol. The monoisotopic (exact) mass is 308 g/mol. The fraction of sp³-hybridized carbons (Fsp3) is 0.727. The number of rotatable bonds is 3. The van der Waals surface area contributed by atoms with Crippen molar-refractivity contribution in [2.75, 3.05) is 0 Å². The zero-order chi connectivity index (χ0) is 15.2. The van der Waals surface area contributed by atoms with Crippen LogP contribution in [0.5, 0.6) is 0 Å². The zero-order valence-corrected chi connectivity index (χ0v) is 13.9. The van der Waals surface area contributed by atoms with Gasteiger partial charge in [0, 0.05) is 0 Å². The molecule has 122 valence electrons. The Morgan fingerprint density at radius 3 is 1.09 bits per heavy atom. The van der Waals surface area contributed by atoms with Crippen LogP contribution in [0.1, 0.15) is 38.5 Å². The average Bonchev–Trinajstić information content (AvgIpc) is 3.40. The Kier molecular flexibility index (Phi) is 2.59. The normalized spacial score (nSPS) is 57.0. The Bertz CT molecular complexity index is 530. The van der Waals surface area contributed by atoms with Gasteiger partial charge in [-0.3, -0.25) is 0 Å². The van der Waals surface area contributed by atoms with E-state index in [2.05, 4.69) is 36.5 Å². The van der Waals surface area contributed by atoms with Crippen LogP contribution in [-0.2, 0) is 0 Å². The molecule has 1 nitrogen and oxygen atoms in total. The summed E-state index contributed by atoms with van der Waals surface area (Å²) in [6, 6.07) is 0. The van der Waals surface area contributed by atoms with Gasteiger partial charge in [0.05, 0.1) is 5.60 Å². The van der Waals surface area contributed by atoms with E-state index in [-0.39, 0.29) is 0 Å². The van der Waals surface area contributed by atoms with Crippen LogP contribution in [0, 0.1) is 53.3 Å². The summed E-state index contributed by atoms with van der Waals surface area (Å²) in [4.78, 5) is 0. The average molecular weight is 308 g/mol. The zero-order valence-electron chi connectivity index (χ0n) is 13.9. The van der Waals surface area contributed by atoms with E-state index in [1.54, 1.807) is 0 Å². The highest BCUT2D eigenvalue weighted by Crippen LogP contribution is 2.63. The lowest BCUT2D eigenvalue weighted by Crippen LogP contribution is -2.55. The van der Waals surface area contributed by atoms with Crippen molar-refractivity contribution in [1.29, 1.82) is 0 Å². The molecular formula is C22H28O. The SMILES string of the molecule is OC(C1CC2C=CC1C2)(C1CC2C=CC1C2)C1CC2C=CC1C2. The maximum Gasteiger partial charge on any atom is 0.0749 e. The molecule has 0 aliphatic heterocycles. The van der Waals surface area contributed by atoms with Gasteiger partial charge < -0.3 is 5.11 Å². The van der Waals surface area contributed by atoms with Crippen molar-refractivity contribution in [3.8, 4) is 0 Å². The van der Waals surface area contributed by atoms with Crippen LogP contribution in [-0.4, -0.2) is 10.7 Å². The highest BCUT2D eigenvalue weighted by Gasteiger charge is 2.61. The molecule has 23 heavy (non-hydrogen) atoms. The summed E-state index contributed by atoms with van der Waals surface area (Å²) >= 11 is 0. The number of hydrogen-bond acceptors (Lipinski definition) is 1. The summed E-state index contributed by atoms with van der Waals surface area (Å²) in [7, 11) is 0. The van der Waals surface area contributed by atoms with Gasteiger partial charge in [0.15, 0.2) is 0 Å². The lowest BCUT2D eigenvalue weighted by atomic mass is 9.59. The predicted molar refractivity (Wildman–Crippen MR) is 91.5 cm³/mol. The Hall–Kier alpha value is -0.820. The van der Waals surface area contributed by atoms with Crippen molar-refractivity contribution in [2.24, 2.45) is 53.3 Å². The standard InChI is InChI=1S/C22H28O/c23-22(19-10-13-1-4-16(19)7-13,20-11-14-2-5-17(20)8-14)21-12-15-3-6-18(21)9-15/h1-6,13-21,23H,7-12H2. The first-order chi connectivity index (χ1) is 11.2. The summed E-state index contributed by atoms with van der Waals surface area (Å²) in [5.74, 6) is 5.89. The second-order valence-electron chi connectivity index (χ2n) is 9.55. The van der Waals surface area contributed by atoms with Crippen LogP contribution in [0.15, 0.2) is 36.5 Å². The van der Waals surface area contributed by atoms with E-state index in [0.29, 0.717) is 35.5 Å². The lowest BCUT2D eigenvalue weighted by Gasteiger charge is -2.50. The summed E-state index contributed by atoms with van der Waals surface area (Å²) < 4.78 is 0. The largest absolute Gasteiger partial charge is 0.389 e. The highest BCUT2D eigenvalue weighted by molar-refractivity contribution is 5.24. The number of allylic oxidation sites excluding steroid dienone is 6. The third-order valence-electron chi connectivity index (χ3n) is 8.62. The molecule has 0 spiro atoms. The topological polar surface area (TPSA) is 20.2 Å². The minimum atomic E-state index is -0.404. The number of aliphatic hydroxyl groups is 1. The molecule has 0 saturated heterocycles. The van der Waals surface area contributed by atoms with E-state index < -0.39 is 5.60 Å². The molecule has 9 atom stereocenters. The molecule has 0 amide bonds. The quantitative estimate of drug-likeness (QED) is 0.768. The van der Waals surface area contributed by atoms with Crippen LogP contribution in [0.2, 0.25) is 0 Å². The Labute approximate surface area is 139 Å². The van der Waals surface area contributed by atoms with Crippen molar-refractivity contribution in [3.63, 3.8) is 0 Å².